The quantitative estimate of drug-likeness (QED) is 0.652. The lowest BCUT2D eigenvalue weighted by molar-refractivity contribution is -0.144. The number of aromatic nitrogens is 2. The van der Waals surface area contributed by atoms with Gasteiger partial charge in [0.05, 0.1) is 7.11 Å². The van der Waals surface area contributed by atoms with Gasteiger partial charge in [-0.25, -0.2) is 14.7 Å². The topological polar surface area (TPSA) is 98.4 Å². The monoisotopic (exact) mass is 212 g/mol. The van der Waals surface area contributed by atoms with Gasteiger partial charge >= 0.3 is 11.9 Å². The number of ether oxygens (including phenoxy) is 2. The first-order valence-corrected chi connectivity index (χ1v) is 3.93. The summed E-state index contributed by atoms with van der Waals surface area (Å²) < 4.78 is 8.78. The summed E-state index contributed by atoms with van der Waals surface area (Å²) in [6.45, 7) is -0.490. The molecule has 15 heavy (non-hydrogen) atoms. The number of H-pyrrole nitrogens is 1. The van der Waals surface area contributed by atoms with Crippen LogP contribution in [0, 0.1) is 0 Å². The zero-order valence-corrected chi connectivity index (χ0v) is 7.85. The Morgan fingerprint density at radius 3 is 2.73 bits per heavy atom. The van der Waals surface area contributed by atoms with Crippen LogP contribution in [0.5, 0.6) is 0 Å². The molecule has 7 nitrogen and oxygen atoms in total. The third-order valence-electron chi connectivity index (χ3n) is 1.44. The second kappa shape index (κ2) is 4.89. The Morgan fingerprint density at radius 1 is 1.47 bits per heavy atom. The van der Waals surface area contributed by atoms with Crippen LogP contribution in [0.2, 0.25) is 0 Å². The fraction of sp³-hybridized carbons (Fsp3) is 0.250. The summed E-state index contributed by atoms with van der Waals surface area (Å²) in [7, 11) is 1.18. The minimum Gasteiger partial charge on any atom is -0.466 e. The smallest absolute Gasteiger partial charge is 0.359 e. The fourth-order valence-electron chi connectivity index (χ4n) is 0.716. The van der Waals surface area contributed by atoms with Crippen molar-refractivity contribution < 1.29 is 19.1 Å². The van der Waals surface area contributed by atoms with E-state index in [9.17, 15) is 14.4 Å². The van der Waals surface area contributed by atoms with E-state index in [4.69, 9.17) is 0 Å². The molecule has 0 atom stereocenters. The van der Waals surface area contributed by atoms with E-state index >= 15 is 0 Å². The van der Waals surface area contributed by atoms with Crippen LogP contribution in [0.4, 0.5) is 0 Å². The molecule has 0 saturated carbocycles. The zero-order chi connectivity index (χ0) is 11.3. The van der Waals surface area contributed by atoms with E-state index in [-0.39, 0.29) is 5.69 Å². The highest BCUT2D eigenvalue weighted by atomic mass is 16.6. The van der Waals surface area contributed by atoms with Crippen LogP contribution in [0.25, 0.3) is 0 Å². The summed E-state index contributed by atoms with van der Waals surface area (Å²) in [5.41, 5.74) is -0.516. The van der Waals surface area contributed by atoms with Crippen LogP contribution in [-0.4, -0.2) is 35.9 Å². The van der Waals surface area contributed by atoms with Crippen molar-refractivity contribution in [2.45, 2.75) is 0 Å². The minimum atomic E-state index is -0.809. The second-order valence-electron chi connectivity index (χ2n) is 2.46. The summed E-state index contributed by atoms with van der Waals surface area (Å²) in [5, 5.41) is 5.48. The second-order valence-corrected chi connectivity index (χ2v) is 2.46. The molecular weight excluding hydrogens is 204 g/mol. The van der Waals surface area contributed by atoms with Crippen molar-refractivity contribution >= 4 is 11.9 Å². The highest BCUT2D eigenvalue weighted by Crippen LogP contribution is 1.93. The van der Waals surface area contributed by atoms with E-state index < -0.39 is 24.1 Å². The molecule has 1 aromatic rings. The number of nitrogens with zero attached hydrogens (tertiary/aromatic N) is 1. The molecule has 0 aliphatic rings. The summed E-state index contributed by atoms with van der Waals surface area (Å²) in [4.78, 5) is 32.4. The van der Waals surface area contributed by atoms with Crippen LogP contribution in [-0.2, 0) is 14.3 Å². The predicted octanol–water partition coefficient (Wildman–Crippen LogP) is -0.900. The number of rotatable bonds is 3. The number of aromatic amines is 1. The highest BCUT2D eigenvalue weighted by Gasteiger charge is 2.11. The lowest BCUT2D eigenvalue weighted by atomic mass is 10.4. The summed E-state index contributed by atoms with van der Waals surface area (Å²) in [6, 6.07) is 2.32. The average Bonchev–Trinajstić information content (AvgIpc) is 2.26. The van der Waals surface area contributed by atoms with E-state index in [1.54, 1.807) is 0 Å². The van der Waals surface area contributed by atoms with Crippen molar-refractivity contribution in [3.8, 4) is 0 Å². The van der Waals surface area contributed by atoms with Gasteiger partial charge in [0.2, 0.25) is 0 Å². The lowest BCUT2D eigenvalue weighted by Gasteiger charge is -2.01. The molecule has 80 valence electrons. The first-order chi connectivity index (χ1) is 7.13. The molecule has 0 unspecified atom stereocenters. The Balaban J connectivity index is 2.58. The summed E-state index contributed by atoms with van der Waals surface area (Å²) in [5.74, 6) is -1.48. The number of nitrogens with one attached hydrogen (secondary N) is 1. The van der Waals surface area contributed by atoms with E-state index in [0.29, 0.717) is 0 Å². The van der Waals surface area contributed by atoms with Gasteiger partial charge in [-0.15, -0.1) is 0 Å². The molecule has 1 aromatic heterocycles. The summed E-state index contributed by atoms with van der Waals surface area (Å²) in [6.07, 6.45) is 0. The van der Waals surface area contributed by atoms with E-state index in [0.717, 1.165) is 6.07 Å². The molecule has 0 radical (unpaired) electrons. The molecule has 0 spiro atoms. The average molecular weight is 212 g/mol. The van der Waals surface area contributed by atoms with E-state index in [1.807, 2.05) is 0 Å². The van der Waals surface area contributed by atoms with Crippen molar-refractivity contribution in [1.29, 1.82) is 0 Å². The molecule has 0 aromatic carbocycles. The van der Waals surface area contributed by atoms with Gasteiger partial charge in [0.25, 0.3) is 5.56 Å². The number of carbonyl (C=O) groups is 2. The van der Waals surface area contributed by atoms with Crippen LogP contribution >= 0.6 is 0 Å². The van der Waals surface area contributed by atoms with Crippen molar-refractivity contribution in [2.24, 2.45) is 0 Å². The third-order valence-corrected chi connectivity index (χ3v) is 1.44. The third kappa shape index (κ3) is 3.22. The van der Waals surface area contributed by atoms with Crippen molar-refractivity contribution in [3.05, 3.63) is 28.2 Å². The zero-order valence-electron chi connectivity index (χ0n) is 7.85. The Kier molecular flexibility index (Phi) is 3.55. The first kappa shape index (κ1) is 10.9. The molecule has 0 aliphatic carbocycles. The molecule has 0 saturated heterocycles. The van der Waals surface area contributed by atoms with Gasteiger partial charge in [0.15, 0.2) is 12.3 Å². The number of esters is 2. The number of hydrogen-bond donors (Lipinski definition) is 1. The van der Waals surface area contributed by atoms with Gasteiger partial charge in [-0.05, 0) is 6.07 Å². The number of methoxy groups -OCH3 is 1. The van der Waals surface area contributed by atoms with Gasteiger partial charge in [-0.3, -0.25) is 4.79 Å². The van der Waals surface area contributed by atoms with Crippen LogP contribution in [0.3, 0.4) is 0 Å². The molecule has 1 heterocycles. The van der Waals surface area contributed by atoms with Crippen molar-refractivity contribution in [2.75, 3.05) is 13.7 Å². The molecule has 1 rings (SSSR count). The maximum Gasteiger partial charge on any atom is 0.359 e. The maximum absolute atomic E-state index is 11.2. The van der Waals surface area contributed by atoms with Gasteiger partial charge < -0.3 is 9.47 Å². The Hall–Kier alpha value is -2.18. The first-order valence-electron chi connectivity index (χ1n) is 3.93. The van der Waals surface area contributed by atoms with Gasteiger partial charge in [0, 0.05) is 6.07 Å². The van der Waals surface area contributed by atoms with Crippen LogP contribution < -0.4 is 5.56 Å². The molecule has 1 N–H and O–H groups in total. The molecular formula is C8H8N2O5. The highest BCUT2D eigenvalue weighted by molar-refractivity contribution is 5.88. The molecule has 0 amide bonds. The van der Waals surface area contributed by atoms with Gasteiger partial charge in [0.1, 0.15) is 0 Å². The Morgan fingerprint density at radius 2 is 2.20 bits per heavy atom. The Bertz CT molecular complexity index is 405. The van der Waals surface area contributed by atoms with Crippen LogP contribution in [0.1, 0.15) is 10.5 Å². The predicted molar refractivity (Wildman–Crippen MR) is 47.2 cm³/mol. The van der Waals surface area contributed by atoms with Crippen LogP contribution in [0.15, 0.2) is 16.9 Å². The van der Waals surface area contributed by atoms with Gasteiger partial charge in [-0.2, -0.15) is 5.10 Å². The normalized spacial score (nSPS) is 9.40. The molecule has 7 heteroatoms. The van der Waals surface area contributed by atoms with Crippen molar-refractivity contribution in [1.82, 2.24) is 10.2 Å². The standard InChI is InChI=1S/C8H8N2O5/c1-14-7(12)4-15-8(13)5-2-3-6(11)10-9-5/h2-3H,4H2,1H3,(H,10,11). The molecule has 0 aliphatic heterocycles. The van der Waals surface area contributed by atoms with Gasteiger partial charge in [-0.1, -0.05) is 0 Å². The maximum atomic E-state index is 11.2. The molecule has 0 bridgehead atoms. The van der Waals surface area contributed by atoms with E-state index in [1.165, 1.54) is 13.2 Å². The fourth-order valence-corrected chi connectivity index (χ4v) is 0.716. The van der Waals surface area contributed by atoms with E-state index in [2.05, 4.69) is 19.7 Å². The largest absolute Gasteiger partial charge is 0.466 e. The Labute approximate surface area is 84.0 Å². The number of hydrogen-bond acceptors (Lipinski definition) is 6. The molecule has 0 fully saturated rings. The van der Waals surface area contributed by atoms with Crippen molar-refractivity contribution in [3.63, 3.8) is 0 Å². The lowest BCUT2D eigenvalue weighted by Crippen LogP contribution is -2.18. The SMILES string of the molecule is COC(=O)COC(=O)c1ccc(=O)[nH]n1. The number of carbonyl (C=O) groups excluding carboxylic acids is 2. The summed E-state index contributed by atoms with van der Waals surface area (Å²) >= 11 is 0. The minimum absolute atomic E-state index is 0.0847.